The van der Waals surface area contributed by atoms with Crippen molar-refractivity contribution in [1.82, 2.24) is 0 Å². The van der Waals surface area contributed by atoms with Gasteiger partial charge in [0, 0.05) is 5.69 Å². The highest BCUT2D eigenvalue weighted by Crippen LogP contribution is 2.18. The fourth-order valence-corrected chi connectivity index (χ4v) is 2.52. The lowest BCUT2D eigenvalue weighted by atomic mass is 10.1. The van der Waals surface area contributed by atoms with Crippen LogP contribution in [-0.4, -0.2) is 19.1 Å². The number of rotatable bonds is 10. The van der Waals surface area contributed by atoms with Crippen LogP contribution in [-0.2, 0) is 4.79 Å². The lowest BCUT2D eigenvalue weighted by Gasteiger charge is -2.08. The number of ether oxygens (including phenoxy) is 2. The molecule has 5 heteroatoms. The summed E-state index contributed by atoms with van der Waals surface area (Å²) in [7, 11) is 0. The Morgan fingerprint density at radius 1 is 1.00 bits per heavy atom. The van der Waals surface area contributed by atoms with E-state index in [-0.39, 0.29) is 5.57 Å². The third-order valence-electron chi connectivity index (χ3n) is 4.00. The standard InChI is InChI=1S/C23H26N2O3/c1-3-5-6-15-28-22-13-9-20(10-14-22)25-23(26)19(17-24)16-18-7-11-21(12-8-18)27-4-2/h7-14,16H,3-6,15H2,1-2H3,(H,25,26)/b19-16+. The molecule has 0 aliphatic rings. The SMILES string of the molecule is CCCCCOc1ccc(NC(=O)/C(C#N)=C/c2ccc(OCC)cc2)cc1. The minimum absolute atomic E-state index is 0.0315. The Morgan fingerprint density at radius 3 is 2.25 bits per heavy atom. The molecule has 1 N–H and O–H groups in total. The maximum Gasteiger partial charge on any atom is 0.266 e. The predicted octanol–water partition coefficient (Wildman–Crippen LogP) is 5.20. The van der Waals surface area contributed by atoms with Crippen molar-refractivity contribution in [2.24, 2.45) is 0 Å². The van der Waals surface area contributed by atoms with Crippen LogP contribution in [0.15, 0.2) is 54.1 Å². The number of nitrogens with zero attached hydrogens (tertiary/aromatic N) is 1. The van der Waals surface area contributed by atoms with Gasteiger partial charge in [-0.25, -0.2) is 0 Å². The molecule has 2 aromatic carbocycles. The number of unbranched alkanes of at least 4 members (excludes halogenated alkanes) is 2. The maximum absolute atomic E-state index is 12.4. The molecule has 0 unspecified atom stereocenters. The third kappa shape index (κ3) is 6.81. The number of nitrogens with one attached hydrogen (secondary N) is 1. The van der Waals surface area contributed by atoms with Crippen molar-refractivity contribution >= 4 is 17.7 Å². The highest BCUT2D eigenvalue weighted by Gasteiger charge is 2.10. The fraction of sp³-hybridized carbons (Fsp3) is 0.304. The number of hydrogen-bond acceptors (Lipinski definition) is 4. The smallest absolute Gasteiger partial charge is 0.266 e. The van der Waals surface area contributed by atoms with Gasteiger partial charge in [0.05, 0.1) is 13.2 Å². The summed E-state index contributed by atoms with van der Waals surface area (Å²) in [5, 5.41) is 12.1. The van der Waals surface area contributed by atoms with Crippen LogP contribution in [0.1, 0.15) is 38.7 Å². The number of amides is 1. The van der Waals surface area contributed by atoms with Crippen LogP contribution in [0.2, 0.25) is 0 Å². The molecule has 0 bridgehead atoms. The molecule has 5 nitrogen and oxygen atoms in total. The van der Waals surface area contributed by atoms with Crippen molar-refractivity contribution in [3.05, 3.63) is 59.7 Å². The number of nitriles is 1. The normalized spacial score (nSPS) is 10.8. The van der Waals surface area contributed by atoms with E-state index in [9.17, 15) is 10.1 Å². The first-order valence-corrected chi connectivity index (χ1v) is 9.55. The van der Waals surface area contributed by atoms with E-state index in [1.54, 1.807) is 30.3 Å². The van der Waals surface area contributed by atoms with E-state index in [0.717, 1.165) is 36.3 Å². The van der Waals surface area contributed by atoms with Crippen molar-refractivity contribution in [1.29, 1.82) is 5.26 Å². The molecular weight excluding hydrogens is 352 g/mol. The van der Waals surface area contributed by atoms with Gasteiger partial charge in [-0.05, 0) is 61.4 Å². The van der Waals surface area contributed by atoms with Crippen LogP contribution >= 0.6 is 0 Å². The summed E-state index contributed by atoms with van der Waals surface area (Å²) in [4.78, 5) is 12.4. The number of anilines is 1. The highest BCUT2D eigenvalue weighted by molar-refractivity contribution is 6.09. The molecule has 0 saturated carbocycles. The molecule has 0 fully saturated rings. The molecule has 0 spiro atoms. The molecule has 0 aliphatic carbocycles. The second-order valence-corrected chi connectivity index (χ2v) is 6.21. The van der Waals surface area contributed by atoms with E-state index in [0.29, 0.717) is 18.9 Å². The zero-order valence-electron chi connectivity index (χ0n) is 16.4. The average molecular weight is 378 g/mol. The van der Waals surface area contributed by atoms with E-state index in [1.165, 1.54) is 0 Å². The summed E-state index contributed by atoms with van der Waals surface area (Å²) < 4.78 is 11.0. The van der Waals surface area contributed by atoms with E-state index in [4.69, 9.17) is 9.47 Å². The van der Waals surface area contributed by atoms with Gasteiger partial charge >= 0.3 is 0 Å². The zero-order chi connectivity index (χ0) is 20.2. The monoisotopic (exact) mass is 378 g/mol. The third-order valence-corrected chi connectivity index (χ3v) is 4.00. The first-order chi connectivity index (χ1) is 13.7. The number of carbonyl (C=O) groups is 1. The average Bonchev–Trinajstić information content (AvgIpc) is 2.72. The first-order valence-electron chi connectivity index (χ1n) is 9.55. The van der Waals surface area contributed by atoms with Gasteiger partial charge in [-0.15, -0.1) is 0 Å². The minimum Gasteiger partial charge on any atom is -0.494 e. The summed E-state index contributed by atoms with van der Waals surface area (Å²) in [6, 6.07) is 16.3. The van der Waals surface area contributed by atoms with Crippen LogP contribution in [0.4, 0.5) is 5.69 Å². The Morgan fingerprint density at radius 2 is 1.64 bits per heavy atom. The molecular formula is C23H26N2O3. The first kappa shape index (κ1) is 21.0. The molecule has 2 rings (SSSR count). The molecule has 146 valence electrons. The Hall–Kier alpha value is -3.26. The number of carbonyl (C=O) groups excluding carboxylic acids is 1. The van der Waals surface area contributed by atoms with E-state index in [2.05, 4.69) is 12.2 Å². The molecule has 0 aromatic heterocycles. The molecule has 2 aromatic rings. The van der Waals surface area contributed by atoms with Crippen LogP contribution < -0.4 is 14.8 Å². The Kier molecular flexibility index (Phi) is 8.61. The Bertz CT molecular complexity index is 818. The quantitative estimate of drug-likeness (QED) is 0.350. The summed E-state index contributed by atoms with van der Waals surface area (Å²) >= 11 is 0. The van der Waals surface area contributed by atoms with Crippen LogP contribution in [0.3, 0.4) is 0 Å². The summed E-state index contributed by atoms with van der Waals surface area (Å²) in [5.74, 6) is 1.06. The van der Waals surface area contributed by atoms with Gasteiger partial charge < -0.3 is 14.8 Å². The summed E-state index contributed by atoms with van der Waals surface area (Å²) in [6.07, 6.45) is 4.87. The van der Waals surface area contributed by atoms with Gasteiger partial charge in [0.25, 0.3) is 5.91 Å². The second-order valence-electron chi connectivity index (χ2n) is 6.21. The van der Waals surface area contributed by atoms with Gasteiger partial charge in [0.1, 0.15) is 23.1 Å². The van der Waals surface area contributed by atoms with Crippen LogP contribution in [0.5, 0.6) is 11.5 Å². The summed E-state index contributed by atoms with van der Waals surface area (Å²) in [5.41, 5.74) is 1.40. The van der Waals surface area contributed by atoms with E-state index < -0.39 is 5.91 Å². The Balaban J connectivity index is 1.96. The van der Waals surface area contributed by atoms with E-state index >= 15 is 0 Å². The largest absolute Gasteiger partial charge is 0.494 e. The molecule has 0 radical (unpaired) electrons. The van der Waals surface area contributed by atoms with Crippen molar-refractivity contribution in [2.75, 3.05) is 18.5 Å². The fourth-order valence-electron chi connectivity index (χ4n) is 2.52. The molecule has 0 aliphatic heterocycles. The van der Waals surface area contributed by atoms with Gasteiger partial charge in [-0.2, -0.15) is 5.26 Å². The van der Waals surface area contributed by atoms with Crippen molar-refractivity contribution in [2.45, 2.75) is 33.1 Å². The van der Waals surface area contributed by atoms with Crippen molar-refractivity contribution in [3.8, 4) is 17.6 Å². The lowest BCUT2D eigenvalue weighted by Crippen LogP contribution is -2.13. The van der Waals surface area contributed by atoms with Crippen molar-refractivity contribution < 1.29 is 14.3 Å². The van der Waals surface area contributed by atoms with E-state index in [1.807, 2.05) is 37.3 Å². The number of benzene rings is 2. The lowest BCUT2D eigenvalue weighted by molar-refractivity contribution is -0.112. The molecule has 28 heavy (non-hydrogen) atoms. The van der Waals surface area contributed by atoms with Gasteiger partial charge in [0.15, 0.2) is 0 Å². The molecule has 0 saturated heterocycles. The second kappa shape index (κ2) is 11.5. The van der Waals surface area contributed by atoms with Gasteiger partial charge in [-0.1, -0.05) is 31.9 Å². The summed E-state index contributed by atoms with van der Waals surface area (Å²) in [6.45, 7) is 5.33. The minimum atomic E-state index is -0.451. The van der Waals surface area contributed by atoms with Crippen LogP contribution in [0.25, 0.3) is 6.08 Å². The van der Waals surface area contributed by atoms with Crippen molar-refractivity contribution in [3.63, 3.8) is 0 Å². The molecule has 1 amide bonds. The predicted molar refractivity (Wildman–Crippen MR) is 111 cm³/mol. The maximum atomic E-state index is 12.4. The highest BCUT2D eigenvalue weighted by atomic mass is 16.5. The Labute approximate surface area is 166 Å². The topological polar surface area (TPSA) is 71.3 Å². The number of hydrogen-bond donors (Lipinski definition) is 1. The van der Waals surface area contributed by atoms with Gasteiger partial charge in [-0.3, -0.25) is 4.79 Å². The zero-order valence-corrected chi connectivity index (χ0v) is 16.4. The molecule has 0 atom stereocenters. The molecule has 0 heterocycles. The van der Waals surface area contributed by atoms with Crippen LogP contribution in [0, 0.1) is 11.3 Å². The van der Waals surface area contributed by atoms with Gasteiger partial charge in [0.2, 0.25) is 0 Å².